The maximum atomic E-state index is 13.3. The monoisotopic (exact) mass is 421 g/mol. The van der Waals surface area contributed by atoms with Crippen LogP contribution < -0.4 is 5.56 Å². The number of hydrogen-bond donors (Lipinski definition) is 1. The predicted octanol–water partition coefficient (Wildman–Crippen LogP) is 4.20. The van der Waals surface area contributed by atoms with E-state index in [1.54, 1.807) is 17.7 Å². The number of hydrogen-bond acceptors (Lipinski definition) is 5. The highest BCUT2D eigenvalue weighted by Crippen LogP contribution is 2.29. The van der Waals surface area contributed by atoms with Crippen molar-refractivity contribution in [3.63, 3.8) is 0 Å². The van der Waals surface area contributed by atoms with Gasteiger partial charge in [0.1, 0.15) is 0 Å². The molecule has 0 amide bonds. The van der Waals surface area contributed by atoms with Gasteiger partial charge in [0.15, 0.2) is 10.9 Å². The van der Waals surface area contributed by atoms with E-state index in [1.807, 2.05) is 56.3 Å². The first-order chi connectivity index (χ1) is 14.5. The Hall–Kier alpha value is -2.90. The molecular weight excluding hydrogens is 398 g/mol. The van der Waals surface area contributed by atoms with Crippen LogP contribution in [0.5, 0.6) is 0 Å². The average molecular weight is 422 g/mol. The SMILES string of the molecule is COCCn1c(S[C@H](C)C(=O)c2c(C)[nH]c3ccccc23)nc2ccccc2c1=O. The second-order valence-electron chi connectivity index (χ2n) is 7.16. The van der Waals surface area contributed by atoms with Crippen molar-refractivity contribution < 1.29 is 9.53 Å². The van der Waals surface area contributed by atoms with E-state index in [9.17, 15) is 9.59 Å². The Balaban J connectivity index is 1.73. The Morgan fingerprint density at radius 2 is 1.87 bits per heavy atom. The number of aromatic amines is 1. The number of nitrogens with zero attached hydrogens (tertiary/aromatic N) is 2. The third kappa shape index (κ3) is 3.66. The number of aryl methyl sites for hydroxylation is 1. The van der Waals surface area contributed by atoms with Crippen LogP contribution in [0.25, 0.3) is 21.8 Å². The van der Waals surface area contributed by atoms with Crippen molar-refractivity contribution in [3.8, 4) is 0 Å². The molecule has 0 aliphatic heterocycles. The lowest BCUT2D eigenvalue weighted by Crippen LogP contribution is -2.26. The summed E-state index contributed by atoms with van der Waals surface area (Å²) in [5.41, 5.74) is 2.98. The number of fused-ring (bicyclic) bond motifs is 2. The number of thioether (sulfide) groups is 1. The number of rotatable bonds is 7. The van der Waals surface area contributed by atoms with E-state index in [2.05, 4.69) is 9.97 Å². The summed E-state index contributed by atoms with van der Waals surface area (Å²) in [7, 11) is 1.60. The molecule has 0 saturated heterocycles. The van der Waals surface area contributed by atoms with Crippen LogP contribution in [0.1, 0.15) is 23.0 Å². The molecule has 7 heteroatoms. The number of carbonyl (C=O) groups excluding carboxylic acids is 1. The zero-order chi connectivity index (χ0) is 21.3. The maximum absolute atomic E-state index is 13.3. The van der Waals surface area contributed by atoms with Gasteiger partial charge in [0, 0.05) is 29.3 Å². The fraction of sp³-hybridized carbons (Fsp3) is 0.261. The summed E-state index contributed by atoms with van der Waals surface area (Å²) < 4.78 is 6.77. The predicted molar refractivity (Wildman–Crippen MR) is 121 cm³/mol. The van der Waals surface area contributed by atoms with Crippen LogP contribution in [0.4, 0.5) is 0 Å². The molecule has 1 atom stereocenters. The summed E-state index contributed by atoms with van der Waals surface area (Å²) in [6.45, 7) is 4.53. The van der Waals surface area contributed by atoms with E-state index >= 15 is 0 Å². The third-order valence-corrected chi connectivity index (χ3v) is 6.23. The first kappa shape index (κ1) is 20.4. The number of Topliss-reactive ketones (excluding diaryl/α,β-unsaturated/α-hetero) is 1. The van der Waals surface area contributed by atoms with Crippen molar-refractivity contribution in [2.75, 3.05) is 13.7 Å². The number of H-pyrrole nitrogens is 1. The van der Waals surface area contributed by atoms with Gasteiger partial charge in [-0.15, -0.1) is 0 Å². The minimum Gasteiger partial charge on any atom is -0.383 e. The minimum absolute atomic E-state index is 0.00986. The minimum atomic E-state index is -0.412. The standard InChI is InChI=1S/C23H23N3O3S/c1-14-20(16-8-4-6-10-18(16)24-14)21(27)15(2)30-23-25-19-11-7-5-9-17(19)22(28)26(23)12-13-29-3/h4-11,15,24H,12-13H2,1-3H3/t15-/m1/s1. The second-order valence-corrected chi connectivity index (χ2v) is 8.46. The van der Waals surface area contributed by atoms with Crippen LogP contribution in [0.3, 0.4) is 0 Å². The van der Waals surface area contributed by atoms with Gasteiger partial charge in [-0.1, -0.05) is 42.1 Å². The smallest absolute Gasteiger partial charge is 0.262 e. The molecule has 4 rings (SSSR count). The molecule has 0 radical (unpaired) electrons. The summed E-state index contributed by atoms with van der Waals surface area (Å²) >= 11 is 1.31. The van der Waals surface area contributed by atoms with Gasteiger partial charge in [-0.2, -0.15) is 0 Å². The van der Waals surface area contributed by atoms with Crippen molar-refractivity contribution in [1.82, 2.24) is 14.5 Å². The van der Waals surface area contributed by atoms with Crippen LogP contribution in [0.2, 0.25) is 0 Å². The largest absolute Gasteiger partial charge is 0.383 e. The molecular formula is C23H23N3O3S. The molecule has 0 fully saturated rings. The molecule has 0 spiro atoms. The Morgan fingerprint density at radius 1 is 1.17 bits per heavy atom. The molecule has 6 nitrogen and oxygen atoms in total. The lowest BCUT2D eigenvalue weighted by Gasteiger charge is -2.16. The molecule has 2 heterocycles. The quantitative estimate of drug-likeness (QED) is 0.275. The van der Waals surface area contributed by atoms with Crippen molar-refractivity contribution in [3.05, 3.63) is 70.1 Å². The number of nitrogens with one attached hydrogen (secondary N) is 1. The fourth-order valence-corrected chi connectivity index (χ4v) is 4.62. The topological polar surface area (TPSA) is 77.0 Å². The van der Waals surface area contributed by atoms with Gasteiger partial charge in [0.2, 0.25) is 0 Å². The van der Waals surface area contributed by atoms with Crippen molar-refractivity contribution in [2.45, 2.75) is 30.8 Å². The summed E-state index contributed by atoms with van der Waals surface area (Å²) in [5, 5.41) is 1.58. The first-order valence-electron chi connectivity index (χ1n) is 9.78. The lowest BCUT2D eigenvalue weighted by molar-refractivity contribution is 0.0995. The normalized spacial score (nSPS) is 12.5. The van der Waals surface area contributed by atoms with Crippen LogP contribution >= 0.6 is 11.8 Å². The molecule has 154 valence electrons. The summed E-state index contributed by atoms with van der Waals surface area (Å²) in [4.78, 5) is 34.3. The Labute approximate surface area is 178 Å². The Kier molecular flexibility index (Phi) is 5.74. The first-order valence-corrected chi connectivity index (χ1v) is 10.7. The highest BCUT2D eigenvalue weighted by Gasteiger charge is 2.24. The van der Waals surface area contributed by atoms with Crippen LogP contribution in [0, 0.1) is 6.92 Å². The molecule has 0 saturated carbocycles. The zero-order valence-electron chi connectivity index (χ0n) is 17.1. The fourth-order valence-electron chi connectivity index (χ4n) is 3.63. The third-order valence-electron chi connectivity index (χ3n) is 5.14. The van der Waals surface area contributed by atoms with Crippen molar-refractivity contribution in [1.29, 1.82) is 0 Å². The number of methoxy groups -OCH3 is 1. The number of benzene rings is 2. The van der Waals surface area contributed by atoms with Gasteiger partial charge < -0.3 is 9.72 Å². The van der Waals surface area contributed by atoms with Gasteiger partial charge in [0.25, 0.3) is 5.56 Å². The number of aromatic nitrogens is 3. The van der Waals surface area contributed by atoms with E-state index in [0.29, 0.717) is 34.8 Å². The highest BCUT2D eigenvalue weighted by atomic mass is 32.2. The summed E-state index contributed by atoms with van der Waals surface area (Å²) in [6, 6.07) is 15.0. The number of carbonyl (C=O) groups is 1. The Bertz CT molecular complexity index is 1290. The van der Waals surface area contributed by atoms with Crippen molar-refractivity contribution >= 4 is 39.4 Å². The molecule has 0 aliphatic carbocycles. The van der Waals surface area contributed by atoms with E-state index in [4.69, 9.17) is 4.74 Å². The average Bonchev–Trinajstić information content (AvgIpc) is 3.08. The van der Waals surface area contributed by atoms with E-state index in [-0.39, 0.29) is 11.3 Å². The van der Waals surface area contributed by atoms with Gasteiger partial charge >= 0.3 is 0 Å². The Morgan fingerprint density at radius 3 is 2.63 bits per heavy atom. The molecule has 0 aliphatic rings. The van der Waals surface area contributed by atoms with E-state index in [0.717, 1.165) is 16.6 Å². The second kappa shape index (κ2) is 8.45. The molecule has 0 unspecified atom stereocenters. The van der Waals surface area contributed by atoms with E-state index < -0.39 is 5.25 Å². The van der Waals surface area contributed by atoms with Crippen LogP contribution in [-0.2, 0) is 11.3 Å². The summed E-state index contributed by atoms with van der Waals surface area (Å²) in [6.07, 6.45) is 0. The van der Waals surface area contributed by atoms with Gasteiger partial charge in [-0.05, 0) is 32.0 Å². The number of ketones is 1. The molecule has 2 aromatic heterocycles. The molecule has 30 heavy (non-hydrogen) atoms. The number of ether oxygens (including phenoxy) is 1. The molecule has 4 aromatic rings. The van der Waals surface area contributed by atoms with Crippen LogP contribution in [-0.4, -0.2) is 39.3 Å². The van der Waals surface area contributed by atoms with Gasteiger partial charge in [0.05, 0.1) is 29.3 Å². The van der Waals surface area contributed by atoms with Gasteiger partial charge in [-0.3, -0.25) is 14.2 Å². The van der Waals surface area contributed by atoms with Crippen molar-refractivity contribution in [2.24, 2.45) is 0 Å². The van der Waals surface area contributed by atoms with E-state index in [1.165, 1.54) is 11.8 Å². The lowest BCUT2D eigenvalue weighted by atomic mass is 10.1. The maximum Gasteiger partial charge on any atom is 0.262 e. The molecule has 2 aromatic carbocycles. The summed E-state index contributed by atoms with van der Waals surface area (Å²) in [5.74, 6) is 0.00986. The molecule has 1 N–H and O–H groups in total. The zero-order valence-corrected chi connectivity index (χ0v) is 18.0. The molecule has 0 bridgehead atoms. The highest BCUT2D eigenvalue weighted by molar-refractivity contribution is 8.00. The van der Waals surface area contributed by atoms with Crippen LogP contribution in [0.15, 0.2) is 58.5 Å². The number of para-hydroxylation sites is 2. The van der Waals surface area contributed by atoms with Gasteiger partial charge in [-0.25, -0.2) is 4.98 Å².